The Morgan fingerprint density at radius 1 is 1.12 bits per heavy atom. The number of rotatable bonds is 0. The zero-order chi connectivity index (χ0) is 5.15. The van der Waals surface area contributed by atoms with Crippen LogP contribution in [0.25, 0.3) is 0 Å². The van der Waals surface area contributed by atoms with Crippen molar-refractivity contribution in [2.45, 2.75) is 0 Å². The molecule has 0 fully saturated rings. The predicted octanol–water partition coefficient (Wildman–Crippen LogP) is -3.31. The molecule has 0 radical (unpaired) electrons. The molecule has 0 spiro atoms. The topological polar surface area (TPSA) is 74.6 Å². The van der Waals surface area contributed by atoms with Gasteiger partial charge in [0.05, 0.1) is 0 Å². The van der Waals surface area contributed by atoms with Gasteiger partial charge in [-0.05, 0) is 0 Å². The van der Waals surface area contributed by atoms with Crippen molar-refractivity contribution in [1.82, 2.24) is 0 Å². The summed E-state index contributed by atoms with van der Waals surface area (Å²) in [6.45, 7) is 0. The van der Waals surface area contributed by atoms with Crippen molar-refractivity contribution < 1.29 is 40.1 Å². The van der Waals surface area contributed by atoms with Gasteiger partial charge < -0.3 is 11.6 Å². The van der Waals surface area contributed by atoms with Gasteiger partial charge in [-0.1, -0.05) is 0 Å². The number of carbonyl (C=O) groups is 2. The van der Waals surface area contributed by atoms with Gasteiger partial charge in [0.25, 0.3) is 0 Å². The van der Waals surface area contributed by atoms with E-state index in [1.165, 1.54) is 0 Å². The van der Waals surface area contributed by atoms with E-state index in [1.807, 2.05) is 0 Å². The first-order valence-corrected chi connectivity index (χ1v) is 1.11. The van der Waals surface area contributed by atoms with E-state index in [9.17, 15) is 0 Å². The van der Waals surface area contributed by atoms with Crippen molar-refractivity contribution in [2.75, 3.05) is 0 Å². The standard InChI is InChI=1S/C2H2O4.ClH.Li.H/c3-1(4)2(5)6;;;/h(H,3,4)(H,5,6);1H;;/q;;+1;-1. The Morgan fingerprint density at radius 2 is 1.25 bits per heavy atom. The van der Waals surface area contributed by atoms with Crippen LogP contribution in [0.5, 0.6) is 0 Å². The molecule has 8 heavy (non-hydrogen) atoms. The second kappa shape index (κ2) is 6.83. The summed E-state index contributed by atoms with van der Waals surface area (Å²) >= 11 is 0. The molecule has 0 aromatic rings. The van der Waals surface area contributed by atoms with Crippen LogP contribution >= 0.6 is 12.4 Å². The zero-order valence-corrected chi connectivity index (χ0v) is 4.94. The van der Waals surface area contributed by atoms with Crippen LogP contribution in [0.3, 0.4) is 0 Å². The van der Waals surface area contributed by atoms with E-state index >= 15 is 0 Å². The summed E-state index contributed by atoms with van der Waals surface area (Å²) in [5.41, 5.74) is 0. The van der Waals surface area contributed by atoms with Crippen molar-refractivity contribution >= 4 is 24.3 Å². The Hall–Kier alpha value is -0.173. The van der Waals surface area contributed by atoms with Gasteiger partial charge in [-0.15, -0.1) is 12.4 Å². The van der Waals surface area contributed by atoms with Crippen molar-refractivity contribution in [3.8, 4) is 0 Å². The van der Waals surface area contributed by atoms with Crippen LogP contribution in [-0.2, 0) is 9.59 Å². The van der Waals surface area contributed by atoms with Crippen LogP contribution in [0.4, 0.5) is 0 Å². The van der Waals surface area contributed by atoms with Crippen LogP contribution in [0.1, 0.15) is 1.43 Å². The fourth-order valence-electron chi connectivity index (χ4n) is 0. The molecule has 2 N–H and O–H groups in total. The van der Waals surface area contributed by atoms with Crippen LogP contribution < -0.4 is 18.9 Å². The Morgan fingerprint density at radius 3 is 1.25 bits per heavy atom. The molecule has 6 heteroatoms. The number of aliphatic carboxylic acids is 2. The van der Waals surface area contributed by atoms with Crippen molar-refractivity contribution in [2.24, 2.45) is 0 Å². The molecule has 0 aromatic heterocycles. The largest absolute Gasteiger partial charge is 1.00 e. The molecule has 0 unspecified atom stereocenters. The second-order valence-corrected chi connectivity index (χ2v) is 0.610. The minimum absolute atomic E-state index is 0. The molecule has 0 saturated carbocycles. The minimum Gasteiger partial charge on any atom is -1.00 e. The molecule has 0 aliphatic heterocycles. The number of halogens is 1. The number of carboxylic acids is 2. The zero-order valence-electron chi connectivity index (χ0n) is 5.12. The number of carboxylic acid groups (broad SMARTS) is 2. The summed E-state index contributed by atoms with van der Waals surface area (Å²) in [5.74, 6) is -3.65. The molecule has 0 heterocycles. The summed E-state index contributed by atoms with van der Waals surface area (Å²) in [4.78, 5) is 18.2. The molecule has 0 saturated heterocycles. The van der Waals surface area contributed by atoms with E-state index in [1.54, 1.807) is 0 Å². The predicted molar refractivity (Wildman–Crippen MR) is 23.6 cm³/mol. The maximum atomic E-state index is 9.10. The minimum atomic E-state index is -1.82. The fourth-order valence-corrected chi connectivity index (χ4v) is 0. The molecule has 0 rings (SSSR count). The molecule has 0 aliphatic rings. The van der Waals surface area contributed by atoms with Crippen molar-refractivity contribution in [3.63, 3.8) is 0 Å². The molecular weight excluding hydrogens is 130 g/mol. The van der Waals surface area contributed by atoms with E-state index in [-0.39, 0.29) is 32.7 Å². The van der Waals surface area contributed by atoms with Crippen LogP contribution in [0.15, 0.2) is 0 Å². The Balaban J connectivity index is -0.0000000417. The first-order valence-electron chi connectivity index (χ1n) is 1.11. The van der Waals surface area contributed by atoms with E-state index in [0.717, 1.165) is 0 Å². The summed E-state index contributed by atoms with van der Waals surface area (Å²) in [6.07, 6.45) is 0. The maximum absolute atomic E-state index is 9.10. The van der Waals surface area contributed by atoms with E-state index in [4.69, 9.17) is 19.8 Å². The van der Waals surface area contributed by atoms with Gasteiger partial charge in [0.1, 0.15) is 0 Å². The second-order valence-electron chi connectivity index (χ2n) is 0.610. The van der Waals surface area contributed by atoms with Crippen molar-refractivity contribution in [3.05, 3.63) is 0 Å². The molecule has 44 valence electrons. The van der Waals surface area contributed by atoms with Gasteiger partial charge in [-0.3, -0.25) is 0 Å². The smallest absolute Gasteiger partial charge is 1.00 e. The van der Waals surface area contributed by atoms with E-state index in [2.05, 4.69) is 0 Å². The number of hydrogen-bond donors (Lipinski definition) is 2. The first-order chi connectivity index (χ1) is 2.64. The van der Waals surface area contributed by atoms with Gasteiger partial charge in [0, 0.05) is 0 Å². The quantitative estimate of drug-likeness (QED) is 0.269. The number of hydrogen-bond acceptors (Lipinski definition) is 2. The average Bonchev–Trinajstić information content (AvgIpc) is 1.36. The molecule has 0 atom stereocenters. The normalized spacial score (nSPS) is 5.50. The van der Waals surface area contributed by atoms with Gasteiger partial charge in [-0.25, -0.2) is 9.59 Å². The van der Waals surface area contributed by atoms with E-state index < -0.39 is 11.9 Å². The Labute approximate surface area is 65.0 Å². The summed E-state index contributed by atoms with van der Waals surface area (Å²) < 4.78 is 0. The molecule has 0 aromatic carbocycles. The molecule has 4 nitrogen and oxygen atoms in total. The summed E-state index contributed by atoms with van der Waals surface area (Å²) in [6, 6.07) is 0. The summed E-state index contributed by atoms with van der Waals surface area (Å²) in [5, 5.41) is 14.8. The Bertz CT molecular complexity index is 84.6. The van der Waals surface area contributed by atoms with Crippen LogP contribution in [0.2, 0.25) is 0 Å². The average molecular weight is 134 g/mol. The van der Waals surface area contributed by atoms with Crippen LogP contribution in [-0.4, -0.2) is 22.2 Å². The van der Waals surface area contributed by atoms with E-state index in [0.29, 0.717) is 0 Å². The first kappa shape index (κ1) is 15.7. The molecule has 0 amide bonds. The van der Waals surface area contributed by atoms with Gasteiger partial charge >= 0.3 is 30.8 Å². The molecule has 0 aliphatic carbocycles. The third-order valence-corrected chi connectivity index (χ3v) is 0.183. The molecule has 0 bridgehead atoms. The Kier molecular flexibility index (Phi) is 13.4. The van der Waals surface area contributed by atoms with Gasteiger partial charge in [-0.2, -0.15) is 0 Å². The third-order valence-electron chi connectivity index (χ3n) is 0.183. The van der Waals surface area contributed by atoms with Gasteiger partial charge in [0.15, 0.2) is 0 Å². The van der Waals surface area contributed by atoms with Gasteiger partial charge in [0.2, 0.25) is 0 Å². The fraction of sp³-hybridized carbons (Fsp3) is 0. The molecular formula is C2H4ClLiO4. The third kappa shape index (κ3) is 9.27. The maximum Gasteiger partial charge on any atom is 1.00 e. The van der Waals surface area contributed by atoms with Crippen LogP contribution in [0, 0.1) is 0 Å². The summed E-state index contributed by atoms with van der Waals surface area (Å²) in [7, 11) is 0. The van der Waals surface area contributed by atoms with Crippen molar-refractivity contribution in [1.29, 1.82) is 0 Å². The monoisotopic (exact) mass is 134 g/mol. The SMILES string of the molecule is Cl.O=C(O)C(=O)O.[H-].[Li+].